The SMILES string of the molecule is C=CCc1cc(CN(C)CC2CCCCC2O)cc(OC)c1O. The van der Waals surface area contributed by atoms with Crippen molar-refractivity contribution < 1.29 is 14.9 Å². The summed E-state index contributed by atoms with van der Waals surface area (Å²) >= 11 is 0. The second kappa shape index (κ2) is 8.37. The fraction of sp³-hybridized carbons (Fsp3) is 0.579. The second-order valence-electron chi connectivity index (χ2n) is 6.61. The number of ether oxygens (including phenoxy) is 1. The fourth-order valence-corrected chi connectivity index (χ4v) is 3.46. The maximum atomic E-state index is 10.2. The third-order valence-corrected chi connectivity index (χ3v) is 4.67. The molecular formula is C19H29NO3. The molecule has 0 bridgehead atoms. The standard InChI is InChI=1S/C19H29NO3/c1-4-7-15-10-14(11-18(23-3)19(15)22)12-20(2)13-16-8-5-6-9-17(16)21/h4,10-11,16-17,21-22H,1,5-9,12-13H2,2-3H3. The van der Waals surface area contributed by atoms with Crippen LogP contribution in [0.15, 0.2) is 24.8 Å². The second-order valence-corrected chi connectivity index (χ2v) is 6.61. The highest BCUT2D eigenvalue weighted by atomic mass is 16.5. The number of benzene rings is 1. The Morgan fingerprint density at radius 1 is 1.35 bits per heavy atom. The molecule has 4 nitrogen and oxygen atoms in total. The van der Waals surface area contributed by atoms with Crippen molar-refractivity contribution in [1.82, 2.24) is 4.90 Å². The molecule has 1 aliphatic carbocycles. The van der Waals surface area contributed by atoms with Gasteiger partial charge in [-0.3, -0.25) is 0 Å². The van der Waals surface area contributed by atoms with Crippen LogP contribution in [0.1, 0.15) is 36.8 Å². The Kier molecular flexibility index (Phi) is 6.48. The number of aliphatic hydroxyl groups is 1. The molecule has 4 heteroatoms. The Bertz CT molecular complexity index is 530. The van der Waals surface area contributed by atoms with Crippen LogP contribution in [-0.2, 0) is 13.0 Å². The van der Waals surface area contributed by atoms with Crippen LogP contribution >= 0.6 is 0 Å². The van der Waals surface area contributed by atoms with Crippen molar-refractivity contribution in [3.8, 4) is 11.5 Å². The minimum atomic E-state index is -0.170. The van der Waals surface area contributed by atoms with E-state index in [9.17, 15) is 10.2 Å². The average molecular weight is 319 g/mol. The number of hydrogen-bond acceptors (Lipinski definition) is 4. The van der Waals surface area contributed by atoms with Crippen LogP contribution in [0, 0.1) is 5.92 Å². The number of nitrogens with zero attached hydrogens (tertiary/aromatic N) is 1. The van der Waals surface area contributed by atoms with E-state index in [1.54, 1.807) is 13.2 Å². The normalized spacial score (nSPS) is 21.4. The van der Waals surface area contributed by atoms with Crippen LogP contribution in [-0.4, -0.2) is 41.9 Å². The first-order valence-electron chi connectivity index (χ1n) is 8.41. The van der Waals surface area contributed by atoms with Crippen molar-refractivity contribution in [2.24, 2.45) is 5.92 Å². The molecule has 1 aromatic rings. The molecule has 0 aromatic heterocycles. The Morgan fingerprint density at radius 2 is 2.09 bits per heavy atom. The highest BCUT2D eigenvalue weighted by Crippen LogP contribution is 2.32. The monoisotopic (exact) mass is 319 g/mol. The largest absolute Gasteiger partial charge is 0.504 e. The number of aliphatic hydroxyl groups excluding tert-OH is 1. The average Bonchev–Trinajstić information content (AvgIpc) is 2.52. The highest BCUT2D eigenvalue weighted by Gasteiger charge is 2.24. The topological polar surface area (TPSA) is 52.9 Å². The van der Waals surface area contributed by atoms with E-state index in [4.69, 9.17) is 4.74 Å². The molecule has 0 amide bonds. The van der Waals surface area contributed by atoms with Gasteiger partial charge in [-0.15, -0.1) is 6.58 Å². The molecule has 1 fully saturated rings. The van der Waals surface area contributed by atoms with Crippen LogP contribution in [0.4, 0.5) is 0 Å². The summed E-state index contributed by atoms with van der Waals surface area (Å²) in [6.07, 6.45) is 6.60. The molecule has 2 unspecified atom stereocenters. The van der Waals surface area contributed by atoms with E-state index in [0.717, 1.165) is 43.5 Å². The Morgan fingerprint density at radius 3 is 2.74 bits per heavy atom. The molecule has 23 heavy (non-hydrogen) atoms. The van der Waals surface area contributed by atoms with Gasteiger partial charge in [-0.05, 0) is 43.9 Å². The lowest BCUT2D eigenvalue weighted by Crippen LogP contribution is -2.34. The van der Waals surface area contributed by atoms with Crippen molar-refractivity contribution >= 4 is 0 Å². The summed E-state index contributed by atoms with van der Waals surface area (Å²) in [4.78, 5) is 2.24. The van der Waals surface area contributed by atoms with Crippen LogP contribution in [0.2, 0.25) is 0 Å². The van der Waals surface area contributed by atoms with Crippen LogP contribution < -0.4 is 4.74 Å². The van der Waals surface area contributed by atoms with Gasteiger partial charge in [0.05, 0.1) is 13.2 Å². The molecule has 0 heterocycles. The number of phenolic OH excluding ortho intramolecular Hbond substituents is 1. The molecule has 0 aliphatic heterocycles. The molecule has 0 radical (unpaired) electrons. The first-order chi connectivity index (χ1) is 11.0. The van der Waals surface area contributed by atoms with Crippen LogP contribution in [0.3, 0.4) is 0 Å². The van der Waals surface area contributed by atoms with E-state index in [0.29, 0.717) is 18.1 Å². The molecule has 2 rings (SSSR count). The summed E-state index contributed by atoms with van der Waals surface area (Å²) in [5.74, 6) is 1.06. The number of methoxy groups -OCH3 is 1. The molecule has 0 spiro atoms. The lowest BCUT2D eigenvalue weighted by atomic mass is 9.86. The van der Waals surface area contributed by atoms with Gasteiger partial charge in [0, 0.05) is 18.7 Å². The van der Waals surface area contributed by atoms with Crippen molar-refractivity contribution in [3.63, 3.8) is 0 Å². The van der Waals surface area contributed by atoms with Gasteiger partial charge >= 0.3 is 0 Å². The molecule has 1 aromatic carbocycles. The van der Waals surface area contributed by atoms with E-state index in [2.05, 4.69) is 18.5 Å². The number of hydrogen-bond donors (Lipinski definition) is 2. The first-order valence-corrected chi connectivity index (χ1v) is 8.41. The molecular weight excluding hydrogens is 290 g/mol. The van der Waals surface area contributed by atoms with Crippen molar-refractivity contribution in [1.29, 1.82) is 0 Å². The summed E-state index contributed by atoms with van der Waals surface area (Å²) in [5, 5.41) is 20.3. The molecule has 0 saturated heterocycles. The molecule has 128 valence electrons. The van der Waals surface area contributed by atoms with Gasteiger partial charge in [-0.2, -0.15) is 0 Å². The van der Waals surface area contributed by atoms with E-state index in [1.165, 1.54) is 6.42 Å². The Labute approximate surface area is 139 Å². The van der Waals surface area contributed by atoms with Crippen molar-refractivity contribution in [2.75, 3.05) is 20.7 Å². The number of aromatic hydroxyl groups is 1. The van der Waals surface area contributed by atoms with Crippen LogP contribution in [0.5, 0.6) is 11.5 Å². The smallest absolute Gasteiger partial charge is 0.161 e. The van der Waals surface area contributed by atoms with E-state index < -0.39 is 0 Å². The first kappa shape index (κ1) is 17.8. The van der Waals surface area contributed by atoms with Gasteiger partial charge in [0.2, 0.25) is 0 Å². The number of rotatable bonds is 7. The van der Waals surface area contributed by atoms with Crippen molar-refractivity contribution in [3.05, 3.63) is 35.9 Å². The lowest BCUT2D eigenvalue weighted by molar-refractivity contribution is 0.0501. The van der Waals surface area contributed by atoms with Gasteiger partial charge in [-0.1, -0.05) is 25.0 Å². The fourth-order valence-electron chi connectivity index (χ4n) is 3.46. The number of phenols is 1. The third-order valence-electron chi connectivity index (χ3n) is 4.67. The Balaban J connectivity index is 2.06. The molecule has 1 saturated carbocycles. The zero-order valence-electron chi connectivity index (χ0n) is 14.3. The van der Waals surface area contributed by atoms with Gasteiger partial charge in [0.1, 0.15) is 0 Å². The zero-order chi connectivity index (χ0) is 16.8. The van der Waals surface area contributed by atoms with Gasteiger partial charge in [-0.25, -0.2) is 0 Å². The van der Waals surface area contributed by atoms with Crippen molar-refractivity contribution in [2.45, 2.75) is 44.8 Å². The third kappa shape index (κ3) is 4.72. The maximum absolute atomic E-state index is 10.2. The van der Waals surface area contributed by atoms with Gasteiger partial charge in [0.25, 0.3) is 0 Å². The van der Waals surface area contributed by atoms with E-state index in [-0.39, 0.29) is 11.9 Å². The molecule has 1 aliphatic rings. The van der Waals surface area contributed by atoms with Gasteiger partial charge < -0.3 is 19.8 Å². The molecule has 2 atom stereocenters. The van der Waals surface area contributed by atoms with Crippen LogP contribution in [0.25, 0.3) is 0 Å². The number of allylic oxidation sites excluding steroid dienone is 1. The zero-order valence-corrected chi connectivity index (χ0v) is 14.3. The highest BCUT2D eigenvalue weighted by molar-refractivity contribution is 5.49. The Hall–Kier alpha value is -1.52. The minimum absolute atomic E-state index is 0.170. The predicted molar refractivity (Wildman–Crippen MR) is 92.9 cm³/mol. The quantitative estimate of drug-likeness (QED) is 0.758. The summed E-state index contributed by atoms with van der Waals surface area (Å²) in [6.45, 7) is 5.40. The van der Waals surface area contributed by atoms with E-state index >= 15 is 0 Å². The van der Waals surface area contributed by atoms with Gasteiger partial charge in [0.15, 0.2) is 11.5 Å². The summed E-state index contributed by atoms with van der Waals surface area (Å²) < 4.78 is 5.28. The summed E-state index contributed by atoms with van der Waals surface area (Å²) in [7, 11) is 3.65. The summed E-state index contributed by atoms with van der Waals surface area (Å²) in [5.41, 5.74) is 1.93. The van der Waals surface area contributed by atoms with E-state index in [1.807, 2.05) is 12.1 Å². The maximum Gasteiger partial charge on any atom is 0.161 e. The predicted octanol–water partition coefficient (Wildman–Crippen LogP) is 3.11. The lowest BCUT2D eigenvalue weighted by Gasteiger charge is -2.31. The summed E-state index contributed by atoms with van der Waals surface area (Å²) in [6, 6.07) is 3.89. The molecule has 2 N–H and O–H groups in total. The minimum Gasteiger partial charge on any atom is -0.504 e.